The lowest BCUT2D eigenvalue weighted by molar-refractivity contribution is 0.0777. The Morgan fingerprint density at radius 1 is 1.29 bits per heavy atom. The van der Waals surface area contributed by atoms with Crippen LogP contribution in [-0.2, 0) is 0 Å². The summed E-state index contributed by atoms with van der Waals surface area (Å²) in [6.07, 6.45) is 5.44. The lowest BCUT2D eigenvalue weighted by Crippen LogP contribution is -2.38. The van der Waals surface area contributed by atoms with Crippen LogP contribution >= 0.6 is 0 Å². The maximum Gasteiger partial charge on any atom is 0.257 e. The van der Waals surface area contributed by atoms with Gasteiger partial charge in [-0.1, -0.05) is 13.8 Å². The third-order valence-corrected chi connectivity index (χ3v) is 5.73. The molecule has 134 valence electrons. The maximum absolute atomic E-state index is 12.9. The molecule has 0 aromatic carbocycles. The summed E-state index contributed by atoms with van der Waals surface area (Å²) in [6, 6.07) is 0.754. The molecule has 2 fully saturated rings. The fourth-order valence-electron chi connectivity index (χ4n) is 4.13. The summed E-state index contributed by atoms with van der Waals surface area (Å²) in [5.41, 5.74) is 1.72. The summed E-state index contributed by atoms with van der Waals surface area (Å²) in [7, 11) is 0. The molecule has 3 heterocycles. The molecule has 3 rings (SSSR count). The van der Waals surface area contributed by atoms with E-state index in [0.717, 1.165) is 63.1 Å². The minimum Gasteiger partial charge on any atom is -0.392 e. The van der Waals surface area contributed by atoms with Crippen LogP contribution < -0.4 is 0 Å². The van der Waals surface area contributed by atoms with E-state index in [1.807, 2.05) is 16.5 Å². The van der Waals surface area contributed by atoms with E-state index in [1.165, 1.54) is 0 Å². The number of rotatable bonds is 5. The number of likely N-dealkylation sites (tertiary alicyclic amines) is 2. The van der Waals surface area contributed by atoms with Crippen molar-refractivity contribution in [2.75, 3.05) is 26.2 Å². The van der Waals surface area contributed by atoms with E-state index in [2.05, 4.69) is 23.8 Å². The van der Waals surface area contributed by atoms with Crippen molar-refractivity contribution >= 4 is 5.91 Å². The van der Waals surface area contributed by atoms with E-state index in [-0.39, 0.29) is 12.0 Å². The number of amides is 1. The number of hydrogen-bond donors (Lipinski definition) is 1. The normalized spacial score (nSPS) is 25.1. The summed E-state index contributed by atoms with van der Waals surface area (Å²) in [6.45, 7) is 9.58. The van der Waals surface area contributed by atoms with E-state index >= 15 is 0 Å². The fourth-order valence-corrected chi connectivity index (χ4v) is 4.13. The average Bonchev–Trinajstić information content (AvgIpc) is 3.29. The molecule has 1 N–H and O–H groups in total. The molecule has 0 saturated carbocycles. The maximum atomic E-state index is 12.9. The van der Waals surface area contributed by atoms with Crippen LogP contribution in [0.4, 0.5) is 0 Å². The highest BCUT2D eigenvalue weighted by atomic mass is 16.3. The van der Waals surface area contributed by atoms with Crippen LogP contribution in [0.1, 0.15) is 61.6 Å². The number of β-amino-alcohol motifs (C(OH)–C–C–N with tert-alkyl or cyclic N) is 1. The molecule has 0 bridgehead atoms. The minimum absolute atomic E-state index is 0.104. The van der Waals surface area contributed by atoms with Gasteiger partial charge < -0.3 is 10.0 Å². The van der Waals surface area contributed by atoms with Crippen molar-refractivity contribution in [2.24, 2.45) is 0 Å². The van der Waals surface area contributed by atoms with Crippen molar-refractivity contribution in [3.8, 4) is 0 Å². The van der Waals surface area contributed by atoms with Gasteiger partial charge in [-0.3, -0.25) is 14.4 Å². The van der Waals surface area contributed by atoms with E-state index in [4.69, 9.17) is 0 Å². The summed E-state index contributed by atoms with van der Waals surface area (Å²) in [4.78, 5) is 17.2. The molecule has 24 heavy (non-hydrogen) atoms. The number of hydrogen-bond acceptors (Lipinski definition) is 4. The van der Waals surface area contributed by atoms with E-state index in [1.54, 1.807) is 6.20 Å². The zero-order valence-corrected chi connectivity index (χ0v) is 15.1. The Bertz CT molecular complexity index is 582. The standard InChI is InChI=1S/C18H30N4O2/c1-4-14(5-2)22-13(3)17(10-19-22)18(24)21-8-6-15(11-21)20-9-7-16(23)12-20/h10,14-16,23H,4-9,11-12H2,1-3H3/t15-,16+/m1/s1. The fraction of sp³-hybridized carbons (Fsp3) is 0.778. The number of carbonyl (C=O) groups is 1. The first-order chi connectivity index (χ1) is 11.5. The first-order valence-electron chi connectivity index (χ1n) is 9.30. The Morgan fingerprint density at radius 3 is 2.67 bits per heavy atom. The van der Waals surface area contributed by atoms with E-state index < -0.39 is 0 Å². The van der Waals surface area contributed by atoms with Crippen molar-refractivity contribution in [1.29, 1.82) is 0 Å². The van der Waals surface area contributed by atoms with Crippen LogP contribution in [0, 0.1) is 6.92 Å². The molecule has 2 aliphatic heterocycles. The molecule has 1 aromatic heterocycles. The molecule has 2 aliphatic rings. The molecule has 0 unspecified atom stereocenters. The summed E-state index contributed by atoms with van der Waals surface area (Å²) in [5.74, 6) is 0.104. The Hall–Kier alpha value is -1.40. The van der Waals surface area contributed by atoms with Gasteiger partial charge in [0.2, 0.25) is 0 Å². The molecule has 2 saturated heterocycles. The van der Waals surface area contributed by atoms with Crippen molar-refractivity contribution in [3.63, 3.8) is 0 Å². The first kappa shape index (κ1) is 17.4. The van der Waals surface area contributed by atoms with Crippen LogP contribution in [-0.4, -0.2) is 68.9 Å². The molecule has 2 atom stereocenters. The highest BCUT2D eigenvalue weighted by Gasteiger charge is 2.35. The summed E-state index contributed by atoms with van der Waals surface area (Å²) in [5, 5.41) is 14.2. The van der Waals surface area contributed by atoms with Gasteiger partial charge in [0, 0.05) is 37.9 Å². The van der Waals surface area contributed by atoms with Gasteiger partial charge in [-0.25, -0.2) is 0 Å². The quantitative estimate of drug-likeness (QED) is 0.892. The highest BCUT2D eigenvalue weighted by molar-refractivity contribution is 5.95. The predicted molar refractivity (Wildman–Crippen MR) is 93.1 cm³/mol. The van der Waals surface area contributed by atoms with Gasteiger partial charge in [0.05, 0.1) is 23.9 Å². The summed E-state index contributed by atoms with van der Waals surface area (Å²) >= 11 is 0. The Balaban J connectivity index is 1.67. The molecular weight excluding hydrogens is 304 g/mol. The second-order valence-corrected chi connectivity index (χ2v) is 7.19. The van der Waals surface area contributed by atoms with E-state index in [0.29, 0.717) is 12.1 Å². The minimum atomic E-state index is -0.199. The first-order valence-corrected chi connectivity index (χ1v) is 9.30. The predicted octanol–water partition coefficient (Wildman–Crippen LogP) is 1.83. The SMILES string of the molecule is CCC(CC)n1ncc(C(=O)N2CC[C@@H](N3CC[C@H](O)C3)C2)c1C. The summed E-state index contributed by atoms with van der Waals surface area (Å²) < 4.78 is 2.01. The van der Waals surface area contributed by atoms with Gasteiger partial charge in [-0.2, -0.15) is 5.10 Å². The Kier molecular flexibility index (Phi) is 5.25. The molecule has 1 amide bonds. The van der Waals surface area contributed by atoms with Gasteiger partial charge in [-0.15, -0.1) is 0 Å². The average molecular weight is 334 g/mol. The lowest BCUT2D eigenvalue weighted by Gasteiger charge is -2.23. The second-order valence-electron chi connectivity index (χ2n) is 7.19. The van der Waals surface area contributed by atoms with Crippen LogP contribution in [0.2, 0.25) is 0 Å². The molecular formula is C18H30N4O2. The molecule has 6 heteroatoms. The Morgan fingerprint density at radius 2 is 2.04 bits per heavy atom. The monoisotopic (exact) mass is 334 g/mol. The van der Waals surface area contributed by atoms with Gasteiger partial charge in [-0.05, 0) is 32.6 Å². The molecule has 0 radical (unpaired) electrons. The van der Waals surface area contributed by atoms with Crippen LogP contribution in [0.3, 0.4) is 0 Å². The van der Waals surface area contributed by atoms with E-state index in [9.17, 15) is 9.90 Å². The smallest absolute Gasteiger partial charge is 0.257 e. The third kappa shape index (κ3) is 3.22. The van der Waals surface area contributed by atoms with Crippen LogP contribution in [0.25, 0.3) is 0 Å². The van der Waals surface area contributed by atoms with Crippen molar-refractivity contribution in [3.05, 3.63) is 17.5 Å². The second kappa shape index (κ2) is 7.23. The number of nitrogens with zero attached hydrogens (tertiary/aromatic N) is 4. The number of carbonyl (C=O) groups excluding carboxylic acids is 1. The number of aliphatic hydroxyl groups excluding tert-OH is 1. The molecule has 6 nitrogen and oxygen atoms in total. The number of aromatic nitrogens is 2. The Labute approximate surface area is 144 Å². The van der Waals surface area contributed by atoms with Crippen molar-refractivity contribution in [2.45, 2.75) is 64.6 Å². The lowest BCUT2D eigenvalue weighted by atomic mass is 10.1. The van der Waals surface area contributed by atoms with Gasteiger partial charge in [0.15, 0.2) is 0 Å². The largest absolute Gasteiger partial charge is 0.392 e. The van der Waals surface area contributed by atoms with Crippen LogP contribution in [0.15, 0.2) is 6.20 Å². The highest BCUT2D eigenvalue weighted by Crippen LogP contribution is 2.24. The van der Waals surface area contributed by atoms with Gasteiger partial charge >= 0.3 is 0 Å². The molecule has 0 spiro atoms. The topological polar surface area (TPSA) is 61.6 Å². The third-order valence-electron chi connectivity index (χ3n) is 5.73. The molecule has 0 aliphatic carbocycles. The van der Waals surface area contributed by atoms with Crippen LogP contribution in [0.5, 0.6) is 0 Å². The van der Waals surface area contributed by atoms with Crippen molar-refractivity contribution < 1.29 is 9.90 Å². The number of aliphatic hydroxyl groups is 1. The van der Waals surface area contributed by atoms with Crippen molar-refractivity contribution in [1.82, 2.24) is 19.6 Å². The van der Waals surface area contributed by atoms with Gasteiger partial charge in [0.1, 0.15) is 0 Å². The zero-order valence-electron chi connectivity index (χ0n) is 15.1. The van der Waals surface area contributed by atoms with Gasteiger partial charge in [0.25, 0.3) is 5.91 Å². The zero-order chi connectivity index (χ0) is 17.3. The molecule has 1 aromatic rings.